The van der Waals surface area contributed by atoms with Crippen LogP contribution in [0.5, 0.6) is 0 Å². The molecule has 0 bridgehead atoms. The van der Waals surface area contributed by atoms with Crippen LogP contribution in [-0.2, 0) is 0 Å². The van der Waals surface area contributed by atoms with Crippen molar-refractivity contribution >= 4 is 26.4 Å². The largest absolute Gasteiger partial charge is 0.313 e. The third-order valence-corrected chi connectivity index (χ3v) is 2.91. The minimum Gasteiger partial charge on any atom is -0.231 e. The van der Waals surface area contributed by atoms with Gasteiger partial charge in [-0.3, -0.25) is 0 Å². The first-order valence-electron chi connectivity index (χ1n) is 3.86. The molecular formula is C9H5N3S+. The topological polar surface area (TPSA) is 29.9 Å². The second kappa shape index (κ2) is 2.47. The fourth-order valence-corrected chi connectivity index (χ4v) is 2.27. The van der Waals surface area contributed by atoms with Crippen molar-refractivity contribution < 1.29 is 4.52 Å². The molecule has 0 saturated heterocycles. The monoisotopic (exact) mass is 187 g/mol. The van der Waals surface area contributed by atoms with Crippen LogP contribution in [0.15, 0.2) is 30.7 Å². The lowest BCUT2D eigenvalue weighted by Crippen LogP contribution is -2.23. The lowest BCUT2D eigenvalue weighted by molar-refractivity contribution is -0.550. The molecule has 0 spiro atoms. The van der Waals surface area contributed by atoms with Crippen molar-refractivity contribution in [2.45, 2.75) is 0 Å². The van der Waals surface area contributed by atoms with Gasteiger partial charge >= 0.3 is 4.83 Å². The number of hydrogen-bond acceptors (Lipinski definition) is 3. The molecule has 13 heavy (non-hydrogen) atoms. The van der Waals surface area contributed by atoms with Gasteiger partial charge in [-0.05, 0) is 22.7 Å². The van der Waals surface area contributed by atoms with Gasteiger partial charge in [0.1, 0.15) is 10.9 Å². The summed E-state index contributed by atoms with van der Waals surface area (Å²) in [6.45, 7) is 0. The Morgan fingerprint density at radius 1 is 1.46 bits per heavy atom. The standard InChI is InChI=1S/C9H5N3S/c1-2-4-8-7(3-1)12-9(13-8)5-10-6-11-12/h1,3-6H/q+1. The lowest BCUT2D eigenvalue weighted by atomic mass is 10.3. The minimum atomic E-state index is 1.05. The third-order valence-electron chi connectivity index (χ3n) is 1.87. The molecule has 2 heterocycles. The number of aromatic nitrogens is 3. The summed E-state index contributed by atoms with van der Waals surface area (Å²) in [7, 11) is 0. The average Bonchev–Trinajstić information content (AvgIpc) is 2.56. The van der Waals surface area contributed by atoms with Crippen LogP contribution in [0.1, 0.15) is 0 Å². The van der Waals surface area contributed by atoms with Gasteiger partial charge in [-0.2, -0.15) is 0 Å². The number of hydrogen-bond donors (Lipinski definition) is 0. The first-order valence-corrected chi connectivity index (χ1v) is 4.67. The van der Waals surface area contributed by atoms with Gasteiger partial charge < -0.3 is 0 Å². The summed E-state index contributed by atoms with van der Waals surface area (Å²) < 4.78 is 3.07. The van der Waals surface area contributed by atoms with Crippen LogP contribution >= 0.6 is 11.3 Å². The number of benzene rings is 1. The smallest absolute Gasteiger partial charge is 0.231 e. The molecule has 3 rings (SSSR count). The van der Waals surface area contributed by atoms with Crippen LogP contribution < -0.4 is 4.52 Å². The van der Waals surface area contributed by atoms with E-state index in [1.165, 1.54) is 4.70 Å². The predicted octanol–water partition coefficient (Wildman–Crippen LogP) is 1.23. The van der Waals surface area contributed by atoms with Gasteiger partial charge in [0.25, 0.3) is 5.52 Å². The molecule has 4 heteroatoms. The number of rotatable bonds is 0. The number of thiazole rings is 1. The Labute approximate surface area is 78.3 Å². The molecule has 0 fully saturated rings. The Morgan fingerprint density at radius 3 is 3.46 bits per heavy atom. The van der Waals surface area contributed by atoms with Gasteiger partial charge in [0.15, 0.2) is 6.33 Å². The van der Waals surface area contributed by atoms with Crippen LogP contribution in [0.3, 0.4) is 0 Å². The average molecular weight is 187 g/mol. The van der Waals surface area contributed by atoms with Crippen molar-refractivity contribution in [2.75, 3.05) is 0 Å². The van der Waals surface area contributed by atoms with Crippen molar-refractivity contribution in [1.29, 1.82) is 0 Å². The molecule has 0 atom stereocenters. The van der Waals surface area contributed by atoms with Crippen molar-refractivity contribution in [3.05, 3.63) is 36.8 Å². The zero-order valence-electron chi connectivity index (χ0n) is 6.64. The van der Waals surface area contributed by atoms with Crippen LogP contribution in [-0.4, -0.2) is 10.1 Å². The maximum atomic E-state index is 4.17. The molecule has 0 amide bonds. The molecule has 0 N–H and O–H groups in total. The maximum absolute atomic E-state index is 4.17. The van der Waals surface area contributed by atoms with E-state index >= 15 is 0 Å². The highest BCUT2D eigenvalue weighted by Gasteiger charge is 2.13. The van der Waals surface area contributed by atoms with Crippen LogP contribution in [0, 0.1) is 6.07 Å². The Hall–Kier alpha value is -1.55. The Balaban J connectivity index is 2.64. The van der Waals surface area contributed by atoms with Crippen LogP contribution in [0.2, 0.25) is 0 Å². The van der Waals surface area contributed by atoms with Crippen LogP contribution in [0.25, 0.3) is 15.0 Å². The van der Waals surface area contributed by atoms with Gasteiger partial charge in [-0.15, -0.1) is 0 Å². The lowest BCUT2D eigenvalue weighted by Gasteiger charge is -1.78. The second-order valence-corrected chi connectivity index (χ2v) is 3.72. The molecule has 0 aliphatic carbocycles. The first-order chi connectivity index (χ1) is 6.45. The molecule has 0 saturated carbocycles. The van der Waals surface area contributed by atoms with Crippen molar-refractivity contribution in [3.63, 3.8) is 0 Å². The fourth-order valence-electron chi connectivity index (χ4n) is 1.32. The van der Waals surface area contributed by atoms with E-state index in [1.54, 1.807) is 17.7 Å². The van der Waals surface area contributed by atoms with Crippen molar-refractivity contribution in [1.82, 2.24) is 10.1 Å². The summed E-state index contributed by atoms with van der Waals surface area (Å²) in [6.07, 6.45) is 3.37. The number of fused-ring (bicyclic) bond motifs is 3. The SMILES string of the molecule is [c]1ccc2c(c1)sc1cncn[n+]12. The minimum absolute atomic E-state index is 1.05. The van der Waals surface area contributed by atoms with E-state index in [9.17, 15) is 0 Å². The molecule has 61 valence electrons. The van der Waals surface area contributed by atoms with E-state index in [-0.39, 0.29) is 0 Å². The van der Waals surface area contributed by atoms with E-state index in [1.807, 2.05) is 28.9 Å². The van der Waals surface area contributed by atoms with E-state index in [0.29, 0.717) is 0 Å². The maximum Gasteiger partial charge on any atom is 0.313 e. The Morgan fingerprint density at radius 2 is 2.46 bits per heavy atom. The molecule has 0 aliphatic rings. The molecule has 3 nitrogen and oxygen atoms in total. The van der Waals surface area contributed by atoms with Crippen molar-refractivity contribution in [3.8, 4) is 0 Å². The van der Waals surface area contributed by atoms with Gasteiger partial charge in [-0.1, -0.05) is 11.3 Å². The zero-order chi connectivity index (χ0) is 8.67. The summed E-state index contributed by atoms with van der Waals surface area (Å²) in [5.74, 6) is 0. The molecule has 1 radical (unpaired) electrons. The Bertz CT molecular complexity index is 523. The fraction of sp³-hybridized carbons (Fsp3) is 0. The molecule has 1 aromatic carbocycles. The highest BCUT2D eigenvalue weighted by Crippen LogP contribution is 2.18. The number of nitrogens with zero attached hydrogens (tertiary/aromatic N) is 3. The molecule has 0 aliphatic heterocycles. The van der Waals surface area contributed by atoms with Gasteiger partial charge in [0.2, 0.25) is 0 Å². The summed E-state index contributed by atoms with van der Waals surface area (Å²) in [6, 6.07) is 8.91. The summed E-state index contributed by atoms with van der Waals surface area (Å²) in [5, 5.41) is 4.17. The second-order valence-electron chi connectivity index (χ2n) is 2.66. The molecular weight excluding hydrogens is 182 g/mol. The van der Waals surface area contributed by atoms with Crippen LogP contribution in [0.4, 0.5) is 0 Å². The first kappa shape index (κ1) is 6.91. The van der Waals surface area contributed by atoms with Crippen molar-refractivity contribution in [2.24, 2.45) is 0 Å². The van der Waals surface area contributed by atoms with E-state index in [2.05, 4.69) is 16.1 Å². The quantitative estimate of drug-likeness (QED) is 0.495. The van der Waals surface area contributed by atoms with E-state index in [0.717, 1.165) is 10.3 Å². The summed E-state index contributed by atoms with van der Waals surface area (Å²) >= 11 is 1.67. The molecule has 3 aromatic rings. The highest BCUT2D eigenvalue weighted by atomic mass is 32.1. The zero-order valence-corrected chi connectivity index (χ0v) is 7.45. The molecule has 0 unspecified atom stereocenters. The van der Waals surface area contributed by atoms with Gasteiger partial charge in [0.05, 0.1) is 0 Å². The summed E-state index contributed by atoms with van der Waals surface area (Å²) in [5.41, 5.74) is 1.11. The Kier molecular flexibility index (Phi) is 1.31. The third kappa shape index (κ3) is 0.922. The highest BCUT2D eigenvalue weighted by molar-refractivity contribution is 7.23. The van der Waals surface area contributed by atoms with E-state index < -0.39 is 0 Å². The molecule has 2 aromatic heterocycles. The van der Waals surface area contributed by atoms with Gasteiger partial charge in [-0.25, -0.2) is 4.98 Å². The van der Waals surface area contributed by atoms with Gasteiger partial charge in [0, 0.05) is 11.2 Å². The normalized spacial score (nSPS) is 11.1. The summed E-state index contributed by atoms with van der Waals surface area (Å²) in [4.78, 5) is 5.03. The van der Waals surface area contributed by atoms with E-state index in [4.69, 9.17) is 0 Å². The predicted molar refractivity (Wildman–Crippen MR) is 49.4 cm³/mol.